The maximum absolute atomic E-state index is 5.88. The Labute approximate surface area is 117 Å². The molecule has 3 nitrogen and oxygen atoms in total. The Bertz CT molecular complexity index is 532. The van der Waals surface area contributed by atoms with Crippen molar-refractivity contribution >= 4 is 11.3 Å². The van der Waals surface area contributed by atoms with Crippen molar-refractivity contribution in [3.8, 4) is 11.3 Å². The molecule has 1 aliphatic heterocycles. The van der Waals surface area contributed by atoms with Crippen molar-refractivity contribution in [2.45, 2.75) is 25.3 Å². The summed E-state index contributed by atoms with van der Waals surface area (Å²) in [6.45, 7) is 2.26. The predicted molar refractivity (Wildman–Crippen MR) is 78.2 cm³/mol. The summed E-state index contributed by atoms with van der Waals surface area (Å²) in [5, 5.41) is 1.22. The molecule has 100 valence electrons. The molecule has 1 aliphatic rings. The summed E-state index contributed by atoms with van der Waals surface area (Å²) in [5.74, 6) is 0.543. The molecule has 2 aromatic rings. The first-order valence-electron chi connectivity index (χ1n) is 6.71. The van der Waals surface area contributed by atoms with Gasteiger partial charge < -0.3 is 10.5 Å². The molecule has 1 aromatic heterocycles. The van der Waals surface area contributed by atoms with Crippen molar-refractivity contribution in [3.05, 3.63) is 40.2 Å². The smallest absolute Gasteiger partial charge is 0.0968 e. The van der Waals surface area contributed by atoms with Gasteiger partial charge in [-0.1, -0.05) is 30.3 Å². The topological polar surface area (TPSA) is 48.1 Å². The van der Waals surface area contributed by atoms with E-state index in [1.807, 2.05) is 18.2 Å². The second-order valence-electron chi connectivity index (χ2n) is 4.78. The van der Waals surface area contributed by atoms with Gasteiger partial charge in [-0.3, -0.25) is 0 Å². The summed E-state index contributed by atoms with van der Waals surface area (Å²) in [4.78, 5) is 6.05. The van der Waals surface area contributed by atoms with Crippen LogP contribution in [0.3, 0.4) is 0 Å². The normalized spacial score (nSPS) is 16.7. The van der Waals surface area contributed by atoms with Gasteiger partial charge in [-0.2, -0.15) is 0 Å². The fourth-order valence-electron chi connectivity index (χ4n) is 2.45. The second kappa shape index (κ2) is 5.82. The zero-order valence-electron chi connectivity index (χ0n) is 10.8. The first-order valence-corrected chi connectivity index (χ1v) is 7.53. The van der Waals surface area contributed by atoms with E-state index in [2.05, 4.69) is 12.1 Å². The molecule has 0 saturated carbocycles. The molecule has 3 rings (SSSR count). The molecule has 19 heavy (non-hydrogen) atoms. The molecule has 0 atom stereocenters. The van der Waals surface area contributed by atoms with Crippen molar-refractivity contribution in [2.75, 3.05) is 13.2 Å². The number of hydrogen-bond donors (Lipinski definition) is 1. The van der Waals surface area contributed by atoms with Crippen molar-refractivity contribution in [2.24, 2.45) is 5.73 Å². The van der Waals surface area contributed by atoms with Crippen LogP contribution in [0.4, 0.5) is 0 Å². The molecule has 2 heterocycles. The second-order valence-corrected chi connectivity index (χ2v) is 5.90. The number of aromatic nitrogens is 1. The van der Waals surface area contributed by atoms with Crippen LogP contribution in [0, 0.1) is 0 Å². The standard InChI is InChI=1S/C15H18N2OS/c16-10-13-14(11-4-2-1-3-5-11)17-15(19-13)12-6-8-18-9-7-12/h1-5,12H,6-10,16H2. The van der Waals surface area contributed by atoms with Gasteiger partial charge in [-0.25, -0.2) is 4.98 Å². The van der Waals surface area contributed by atoms with Gasteiger partial charge >= 0.3 is 0 Å². The first-order chi connectivity index (χ1) is 9.38. The lowest BCUT2D eigenvalue weighted by Gasteiger charge is -2.19. The summed E-state index contributed by atoms with van der Waals surface area (Å²) in [7, 11) is 0. The summed E-state index contributed by atoms with van der Waals surface area (Å²) >= 11 is 1.77. The van der Waals surface area contributed by atoms with Crippen molar-refractivity contribution in [1.29, 1.82) is 0 Å². The quantitative estimate of drug-likeness (QED) is 0.935. The van der Waals surface area contributed by atoms with Crippen LogP contribution in [0.15, 0.2) is 30.3 Å². The number of nitrogens with two attached hydrogens (primary N) is 1. The van der Waals surface area contributed by atoms with Crippen molar-refractivity contribution < 1.29 is 4.74 Å². The lowest BCUT2D eigenvalue weighted by Crippen LogP contribution is -2.13. The highest BCUT2D eigenvalue weighted by Crippen LogP contribution is 2.35. The number of rotatable bonds is 3. The van der Waals surface area contributed by atoms with Gasteiger partial charge in [0.25, 0.3) is 0 Å². The third kappa shape index (κ3) is 2.71. The summed E-state index contributed by atoms with van der Waals surface area (Å²) in [6, 6.07) is 10.3. The SMILES string of the molecule is NCc1sc(C2CCOCC2)nc1-c1ccccc1. The highest BCUT2D eigenvalue weighted by Gasteiger charge is 2.21. The number of benzene rings is 1. The molecule has 0 radical (unpaired) electrons. The molecule has 1 fully saturated rings. The van der Waals surface area contributed by atoms with Gasteiger partial charge in [0.15, 0.2) is 0 Å². The zero-order valence-corrected chi connectivity index (χ0v) is 11.7. The highest BCUT2D eigenvalue weighted by atomic mass is 32.1. The minimum Gasteiger partial charge on any atom is -0.381 e. The highest BCUT2D eigenvalue weighted by molar-refractivity contribution is 7.12. The molecule has 0 unspecified atom stereocenters. The molecule has 4 heteroatoms. The van der Waals surface area contributed by atoms with E-state index in [1.165, 1.54) is 9.88 Å². The average Bonchev–Trinajstić information content (AvgIpc) is 2.93. The van der Waals surface area contributed by atoms with E-state index in [4.69, 9.17) is 15.5 Å². The van der Waals surface area contributed by atoms with Crippen LogP contribution in [0.5, 0.6) is 0 Å². The Balaban J connectivity index is 1.94. The maximum atomic E-state index is 5.88. The number of nitrogens with zero attached hydrogens (tertiary/aromatic N) is 1. The van der Waals surface area contributed by atoms with E-state index in [0.717, 1.165) is 37.3 Å². The van der Waals surface area contributed by atoms with Gasteiger partial charge in [-0.05, 0) is 12.8 Å². The first kappa shape index (κ1) is 12.8. The molecule has 0 aliphatic carbocycles. The van der Waals surface area contributed by atoms with Crippen LogP contribution in [0.1, 0.15) is 28.6 Å². The lowest BCUT2D eigenvalue weighted by molar-refractivity contribution is 0.0853. The lowest BCUT2D eigenvalue weighted by atomic mass is 10.0. The van der Waals surface area contributed by atoms with Crippen LogP contribution in [0.2, 0.25) is 0 Å². The van der Waals surface area contributed by atoms with E-state index >= 15 is 0 Å². The third-order valence-corrected chi connectivity index (χ3v) is 4.76. The van der Waals surface area contributed by atoms with Gasteiger partial charge in [0, 0.05) is 36.1 Å². The Morgan fingerprint density at radius 3 is 2.63 bits per heavy atom. The summed E-state index contributed by atoms with van der Waals surface area (Å²) in [6.07, 6.45) is 2.15. The van der Waals surface area contributed by atoms with Gasteiger partial charge in [0.1, 0.15) is 0 Å². The van der Waals surface area contributed by atoms with Gasteiger partial charge in [-0.15, -0.1) is 11.3 Å². The van der Waals surface area contributed by atoms with E-state index in [1.54, 1.807) is 11.3 Å². The van der Waals surface area contributed by atoms with Gasteiger partial charge in [0.05, 0.1) is 10.7 Å². The molecule has 0 spiro atoms. The Hall–Kier alpha value is -1.23. The minimum atomic E-state index is 0.543. The Kier molecular flexibility index (Phi) is 3.92. The van der Waals surface area contributed by atoms with Crippen LogP contribution in [-0.4, -0.2) is 18.2 Å². The van der Waals surface area contributed by atoms with E-state index in [-0.39, 0.29) is 0 Å². The maximum Gasteiger partial charge on any atom is 0.0968 e. The Morgan fingerprint density at radius 2 is 1.95 bits per heavy atom. The van der Waals surface area contributed by atoms with Crippen molar-refractivity contribution in [1.82, 2.24) is 4.98 Å². The number of thiazole rings is 1. The molecule has 2 N–H and O–H groups in total. The Morgan fingerprint density at radius 1 is 1.21 bits per heavy atom. The molecule has 0 bridgehead atoms. The zero-order chi connectivity index (χ0) is 13.1. The van der Waals surface area contributed by atoms with Crippen LogP contribution in [-0.2, 0) is 11.3 Å². The fourth-order valence-corrected chi connectivity index (χ4v) is 3.58. The fraction of sp³-hybridized carbons (Fsp3) is 0.400. The molecule has 0 amide bonds. The van der Waals surface area contributed by atoms with Crippen LogP contribution < -0.4 is 5.73 Å². The number of ether oxygens (including phenoxy) is 1. The summed E-state index contributed by atoms with van der Waals surface area (Å²) in [5.41, 5.74) is 8.11. The summed E-state index contributed by atoms with van der Waals surface area (Å²) < 4.78 is 5.42. The van der Waals surface area contributed by atoms with Crippen molar-refractivity contribution in [3.63, 3.8) is 0 Å². The molecular formula is C15H18N2OS. The minimum absolute atomic E-state index is 0.543. The third-order valence-electron chi connectivity index (χ3n) is 3.52. The molecule has 1 aromatic carbocycles. The predicted octanol–water partition coefficient (Wildman–Crippen LogP) is 3.16. The average molecular weight is 274 g/mol. The van der Waals surface area contributed by atoms with Crippen LogP contribution in [0.25, 0.3) is 11.3 Å². The monoisotopic (exact) mass is 274 g/mol. The van der Waals surface area contributed by atoms with E-state index in [9.17, 15) is 0 Å². The number of hydrogen-bond acceptors (Lipinski definition) is 4. The largest absolute Gasteiger partial charge is 0.381 e. The van der Waals surface area contributed by atoms with E-state index in [0.29, 0.717) is 12.5 Å². The van der Waals surface area contributed by atoms with E-state index < -0.39 is 0 Å². The van der Waals surface area contributed by atoms with Gasteiger partial charge in [0.2, 0.25) is 0 Å². The van der Waals surface area contributed by atoms with Crippen LogP contribution >= 0.6 is 11.3 Å². The molecule has 1 saturated heterocycles. The molecular weight excluding hydrogens is 256 g/mol.